The molecule has 0 aliphatic heterocycles. The van der Waals surface area contributed by atoms with Crippen LogP contribution in [-0.4, -0.2) is 19.6 Å². The molecular weight excluding hydrogens is 308 g/mol. The van der Waals surface area contributed by atoms with E-state index in [0.717, 1.165) is 22.3 Å². The number of thiophene rings is 1. The second kappa shape index (κ2) is 4.76. The van der Waals surface area contributed by atoms with Gasteiger partial charge in [-0.25, -0.2) is 4.98 Å². The predicted octanol–water partition coefficient (Wildman–Crippen LogP) is 3.60. The molecule has 0 saturated heterocycles. The number of H-pyrrole nitrogens is 1. The lowest BCUT2D eigenvalue weighted by atomic mass is 9.93. The Kier molecular flexibility index (Phi) is 2.93. The molecule has 0 aromatic carbocycles. The average molecular weight is 324 g/mol. The lowest BCUT2D eigenvalue weighted by Crippen LogP contribution is -2.13. The van der Waals surface area contributed by atoms with E-state index >= 15 is 0 Å². The van der Waals surface area contributed by atoms with Gasteiger partial charge in [0.05, 0.1) is 5.69 Å². The average Bonchev–Trinajstić information content (AvgIpc) is 3.15. The van der Waals surface area contributed by atoms with Gasteiger partial charge in [0.15, 0.2) is 5.65 Å². The van der Waals surface area contributed by atoms with Gasteiger partial charge in [0, 0.05) is 28.6 Å². The van der Waals surface area contributed by atoms with Crippen molar-refractivity contribution < 1.29 is 0 Å². The fraction of sp³-hybridized carbons (Fsp3) is 0.235. The number of rotatable bonds is 1. The third-order valence-corrected chi connectivity index (χ3v) is 4.57. The molecule has 0 radical (unpaired) electrons. The summed E-state index contributed by atoms with van der Waals surface area (Å²) >= 11 is 1.57. The number of pyridine rings is 1. The van der Waals surface area contributed by atoms with Gasteiger partial charge in [-0.15, -0.1) is 0 Å². The quantitative estimate of drug-likeness (QED) is 0.582. The van der Waals surface area contributed by atoms with E-state index in [4.69, 9.17) is 0 Å². The lowest BCUT2D eigenvalue weighted by molar-refractivity contribution is 0.563. The molecule has 116 valence electrons. The Morgan fingerprint density at radius 1 is 1.26 bits per heavy atom. The molecule has 4 aromatic heterocycles. The topological polar surface area (TPSA) is 63.0 Å². The minimum absolute atomic E-state index is 0.0725. The van der Waals surface area contributed by atoms with Crippen molar-refractivity contribution in [2.24, 2.45) is 0 Å². The first-order chi connectivity index (χ1) is 10.9. The summed E-state index contributed by atoms with van der Waals surface area (Å²) in [4.78, 5) is 19.9. The van der Waals surface area contributed by atoms with Crippen LogP contribution in [0.2, 0.25) is 0 Å². The number of aromatic amines is 1. The van der Waals surface area contributed by atoms with Crippen LogP contribution in [0.15, 0.2) is 40.0 Å². The molecule has 0 bridgehead atoms. The normalized spacial score (nSPS) is 12.3. The van der Waals surface area contributed by atoms with Crippen LogP contribution in [0.1, 0.15) is 26.5 Å². The summed E-state index contributed by atoms with van der Waals surface area (Å²) in [7, 11) is 0. The molecule has 6 heteroatoms. The Labute approximate surface area is 136 Å². The molecule has 4 rings (SSSR count). The van der Waals surface area contributed by atoms with Gasteiger partial charge >= 0.3 is 0 Å². The third-order valence-electron chi connectivity index (χ3n) is 3.89. The Morgan fingerprint density at radius 2 is 2.09 bits per heavy atom. The molecule has 0 atom stereocenters. The third kappa shape index (κ3) is 2.26. The highest BCUT2D eigenvalue weighted by atomic mass is 32.1. The summed E-state index contributed by atoms with van der Waals surface area (Å²) < 4.78 is 1.72. The Hall–Kier alpha value is -2.47. The maximum absolute atomic E-state index is 12.5. The van der Waals surface area contributed by atoms with E-state index < -0.39 is 0 Å². The number of nitrogens with zero attached hydrogens (tertiary/aromatic N) is 3. The fourth-order valence-electron chi connectivity index (χ4n) is 2.57. The van der Waals surface area contributed by atoms with Crippen molar-refractivity contribution in [1.29, 1.82) is 0 Å². The highest BCUT2D eigenvalue weighted by Gasteiger charge is 2.19. The Bertz CT molecular complexity index is 1070. The van der Waals surface area contributed by atoms with Gasteiger partial charge in [0.1, 0.15) is 5.65 Å². The van der Waals surface area contributed by atoms with Crippen molar-refractivity contribution in [3.63, 3.8) is 0 Å². The second-order valence-corrected chi connectivity index (χ2v) is 7.42. The molecule has 0 saturated carbocycles. The molecule has 0 spiro atoms. The predicted molar refractivity (Wildman–Crippen MR) is 93.1 cm³/mol. The van der Waals surface area contributed by atoms with Crippen molar-refractivity contribution in [3.8, 4) is 11.1 Å². The molecule has 0 amide bonds. The molecule has 1 N–H and O–H groups in total. The minimum Gasteiger partial charge on any atom is -0.306 e. The first-order valence-electron chi connectivity index (χ1n) is 7.38. The number of hydrogen-bond acceptors (Lipinski definition) is 4. The van der Waals surface area contributed by atoms with Crippen LogP contribution in [-0.2, 0) is 5.41 Å². The van der Waals surface area contributed by atoms with Crippen LogP contribution in [0.5, 0.6) is 0 Å². The molecule has 4 aromatic rings. The van der Waals surface area contributed by atoms with Gasteiger partial charge in [0.2, 0.25) is 0 Å². The first-order valence-corrected chi connectivity index (χ1v) is 8.33. The van der Waals surface area contributed by atoms with E-state index in [9.17, 15) is 4.79 Å². The van der Waals surface area contributed by atoms with Crippen molar-refractivity contribution in [2.75, 3.05) is 0 Å². The number of nitrogens with one attached hydrogen (secondary N) is 1. The highest BCUT2D eigenvalue weighted by Crippen LogP contribution is 2.25. The van der Waals surface area contributed by atoms with Crippen molar-refractivity contribution in [2.45, 2.75) is 26.2 Å². The monoisotopic (exact) mass is 324 g/mol. The zero-order chi connectivity index (χ0) is 16.2. The van der Waals surface area contributed by atoms with Crippen LogP contribution in [0.25, 0.3) is 27.8 Å². The summed E-state index contributed by atoms with van der Waals surface area (Å²) in [5.74, 6) is 0. The van der Waals surface area contributed by atoms with Crippen molar-refractivity contribution in [1.82, 2.24) is 19.6 Å². The lowest BCUT2D eigenvalue weighted by Gasteiger charge is -2.13. The van der Waals surface area contributed by atoms with E-state index in [1.54, 1.807) is 22.0 Å². The van der Waals surface area contributed by atoms with E-state index in [0.29, 0.717) is 11.2 Å². The zero-order valence-corrected chi connectivity index (χ0v) is 13.9. The van der Waals surface area contributed by atoms with E-state index in [1.807, 2.05) is 29.0 Å². The molecule has 0 aliphatic carbocycles. The van der Waals surface area contributed by atoms with Gasteiger partial charge < -0.3 is 4.98 Å². The smallest absolute Gasteiger partial charge is 0.257 e. The largest absolute Gasteiger partial charge is 0.306 e. The SMILES string of the molecule is CC(C)(C)c1cc2ncc3cc(-c4ccsc4)c(=O)[nH]c3n2n1. The Balaban J connectivity index is 2.02. The first kappa shape index (κ1) is 14.1. The number of aromatic nitrogens is 4. The molecular formula is C17H16N4OS. The van der Waals surface area contributed by atoms with Gasteiger partial charge in [-0.3, -0.25) is 4.79 Å². The highest BCUT2D eigenvalue weighted by molar-refractivity contribution is 7.08. The maximum Gasteiger partial charge on any atom is 0.257 e. The minimum atomic E-state index is -0.115. The van der Waals surface area contributed by atoms with Crippen LogP contribution in [0.4, 0.5) is 0 Å². The van der Waals surface area contributed by atoms with Crippen LogP contribution in [0, 0.1) is 0 Å². The summed E-state index contributed by atoms with van der Waals surface area (Å²) in [5, 5.41) is 9.42. The van der Waals surface area contributed by atoms with E-state index in [-0.39, 0.29) is 11.0 Å². The standard InChI is InChI=1S/C17H16N4OS/c1-17(2,3)13-7-14-18-8-11-6-12(10-4-5-23-9-10)16(22)19-15(11)21(14)20-13/h4-9H,1-3H3,(H,19,22). The van der Waals surface area contributed by atoms with Crippen LogP contribution in [0.3, 0.4) is 0 Å². The molecule has 0 fully saturated rings. The molecule has 5 nitrogen and oxygen atoms in total. The van der Waals surface area contributed by atoms with Gasteiger partial charge in [-0.05, 0) is 28.5 Å². The van der Waals surface area contributed by atoms with Crippen molar-refractivity contribution in [3.05, 3.63) is 51.2 Å². The van der Waals surface area contributed by atoms with Gasteiger partial charge in [-0.1, -0.05) is 20.8 Å². The summed E-state index contributed by atoms with van der Waals surface area (Å²) in [6.07, 6.45) is 1.78. The summed E-state index contributed by atoms with van der Waals surface area (Å²) in [6, 6.07) is 5.78. The van der Waals surface area contributed by atoms with E-state index in [2.05, 4.69) is 35.8 Å². The number of fused-ring (bicyclic) bond motifs is 3. The van der Waals surface area contributed by atoms with Crippen molar-refractivity contribution >= 4 is 28.0 Å². The van der Waals surface area contributed by atoms with Gasteiger partial charge in [0.25, 0.3) is 5.56 Å². The molecule has 0 unspecified atom stereocenters. The fourth-order valence-corrected chi connectivity index (χ4v) is 3.23. The molecule has 0 aliphatic rings. The number of hydrogen-bond donors (Lipinski definition) is 1. The van der Waals surface area contributed by atoms with E-state index in [1.165, 1.54) is 0 Å². The van der Waals surface area contributed by atoms with Gasteiger partial charge in [-0.2, -0.15) is 21.0 Å². The maximum atomic E-state index is 12.5. The van der Waals surface area contributed by atoms with Crippen LogP contribution >= 0.6 is 11.3 Å². The zero-order valence-electron chi connectivity index (χ0n) is 13.1. The molecule has 23 heavy (non-hydrogen) atoms. The second-order valence-electron chi connectivity index (χ2n) is 6.64. The Morgan fingerprint density at radius 3 is 2.78 bits per heavy atom. The van der Waals surface area contributed by atoms with Crippen LogP contribution < -0.4 is 5.56 Å². The molecule has 4 heterocycles. The summed E-state index contributed by atoms with van der Waals surface area (Å²) in [5.41, 5.74) is 3.75. The summed E-state index contributed by atoms with van der Waals surface area (Å²) in [6.45, 7) is 6.32.